The van der Waals surface area contributed by atoms with E-state index < -0.39 is 30.4 Å². The second kappa shape index (κ2) is 9.14. The zero-order valence-electron chi connectivity index (χ0n) is 18.0. The molecule has 3 aromatic rings. The Kier molecular flexibility index (Phi) is 5.73. The molecule has 34 heavy (non-hydrogen) atoms. The van der Waals surface area contributed by atoms with E-state index in [4.69, 9.17) is 14.2 Å². The van der Waals surface area contributed by atoms with E-state index >= 15 is 0 Å². The average molecular weight is 459 g/mol. The molecule has 172 valence electrons. The minimum atomic E-state index is -0.628. The van der Waals surface area contributed by atoms with Crippen LogP contribution in [0, 0.1) is 0 Å². The number of ether oxygens (including phenoxy) is 3. The van der Waals surface area contributed by atoms with E-state index in [1.54, 1.807) is 36.4 Å². The number of urea groups is 1. The number of carbonyl (C=O) groups excluding carboxylic acids is 3. The van der Waals surface area contributed by atoms with Gasteiger partial charge in [0.1, 0.15) is 18.0 Å². The highest BCUT2D eigenvalue weighted by molar-refractivity contribution is 6.03. The molecule has 3 aromatic carbocycles. The molecule has 2 N–H and O–H groups in total. The van der Waals surface area contributed by atoms with Crippen molar-refractivity contribution in [3.05, 3.63) is 78.4 Å². The van der Waals surface area contributed by atoms with Crippen molar-refractivity contribution >= 4 is 23.5 Å². The fourth-order valence-electron chi connectivity index (χ4n) is 3.78. The lowest BCUT2D eigenvalue weighted by molar-refractivity contribution is -0.133. The summed E-state index contributed by atoms with van der Waals surface area (Å²) in [7, 11) is 0. The topological polar surface area (TPSA) is 106 Å². The Balaban J connectivity index is 1.21. The lowest BCUT2D eigenvalue weighted by Crippen LogP contribution is -2.53. The number of benzene rings is 3. The highest BCUT2D eigenvalue weighted by atomic mass is 16.7. The van der Waals surface area contributed by atoms with Crippen molar-refractivity contribution in [2.75, 3.05) is 18.7 Å². The Morgan fingerprint density at radius 3 is 2.59 bits per heavy atom. The number of para-hydroxylation sites is 1. The molecule has 0 bridgehead atoms. The van der Waals surface area contributed by atoms with Crippen molar-refractivity contribution in [3.63, 3.8) is 0 Å². The van der Waals surface area contributed by atoms with E-state index in [0.29, 0.717) is 28.7 Å². The number of nitrogens with one attached hydrogen (secondary N) is 2. The average Bonchev–Trinajstić information content (AvgIpc) is 3.30. The summed E-state index contributed by atoms with van der Waals surface area (Å²) in [6.45, 7) is -0.277. The Morgan fingerprint density at radius 2 is 1.76 bits per heavy atom. The maximum Gasteiger partial charge on any atom is 0.325 e. The first-order valence-corrected chi connectivity index (χ1v) is 10.7. The number of hydrogen-bond acceptors (Lipinski definition) is 6. The van der Waals surface area contributed by atoms with Crippen LogP contribution in [0.3, 0.4) is 0 Å². The maximum absolute atomic E-state index is 12.7. The van der Waals surface area contributed by atoms with Crippen LogP contribution in [0.15, 0.2) is 72.8 Å². The Labute approximate surface area is 195 Å². The largest absolute Gasteiger partial charge is 0.457 e. The molecule has 0 unspecified atom stereocenters. The molecular formula is C25H21N3O6. The van der Waals surface area contributed by atoms with Crippen LogP contribution in [0.4, 0.5) is 10.5 Å². The second-order valence-corrected chi connectivity index (χ2v) is 7.79. The van der Waals surface area contributed by atoms with Gasteiger partial charge in [0.25, 0.3) is 0 Å². The lowest BCUT2D eigenvalue weighted by Gasteiger charge is -2.31. The van der Waals surface area contributed by atoms with Crippen LogP contribution in [0.25, 0.3) is 0 Å². The first kappa shape index (κ1) is 21.3. The minimum absolute atomic E-state index is 0.0256. The summed E-state index contributed by atoms with van der Waals surface area (Å²) < 4.78 is 16.4. The predicted molar refractivity (Wildman–Crippen MR) is 122 cm³/mol. The van der Waals surface area contributed by atoms with Gasteiger partial charge in [0.05, 0.1) is 12.5 Å². The van der Waals surface area contributed by atoms with E-state index in [1.807, 2.05) is 36.4 Å². The quantitative estimate of drug-likeness (QED) is 0.580. The molecule has 0 aromatic heterocycles. The van der Waals surface area contributed by atoms with E-state index in [-0.39, 0.29) is 13.2 Å². The SMILES string of the molecule is O=C(CN1C(=O)C[C@H](c2cccc(Oc3ccccc3)c2)NC1=O)Nc1ccc2c(c1)OCO2. The predicted octanol–water partition coefficient (Wildman–Crippen LogP) is 3.83. The highest BCUT2D eigenvalue weighted by Gasteiger charge is 2.34. The summed E-state index contributed by atoms with van der Waals surface area (Å²) in [5.41, 5.74) is 1.21. The van der Waals surface area contributed by atoms with E-state index in [2.05, 4.69) is 10.6 Å². The monoisotopic (exact) mass is 459 g/mol. The van der Waals surface area contributed by atoms with Crippen LogP contribution in [-0.2, 0) is 9.59 Å². The number of fused-ring (bicyclic) bond motifs is 1. The van der Waals surface area contributed by atoms with Crippen LogP contribution in [0.2, 0.25) is 0 Å². The number of imide groups is 1. The molecule has 2 aliphatic heterocycles. The first-order valence-electron chi connectivity index (χ1n) is 10.7. The summed E-state index contributed by atoms with van der Waals surface area (Å²) >= 11 is 0. The van der Waals surface area contributed by atoms with Gasteiger partial charge in [0, 0.05) is 11.8 Å². The first-order chi connectivity index (χ1) is 16.5. The zero-order valence-corrected chi connectivity index (χ0v) is 18.0. The second-order valence-electron chi connectivity index (χ2n) is 7.79. The molecule has 0 radical (unpaired) electrons. The molecule has 5 rings (SSSR count). The Hall–Kier alpha value is -4.53. The normalized spacial score (nSPS) is 16.7. The van der Waals surface area contributed by atoms with Crippen molar-refractivity contribution in [2.24, 2.45) is 0 Å². The molecule has 1 saturated heterocycles. The minimum Gasteiger partial charge on any atom is -0.457 e. The maximum atomic E-state index is 12.7. The number of nitrogens with zero attached hydrogens (tertiary/aromatic N) is 1. The fourth-order valence-corrected chi connectivity index (χ4v) is 3.78. The molecular weight excluding hydrogens is 438 g/mol. The van der Waals surface area contributed by atoms with Gasteiger partial charge in [0.15, 0.2) is 11.5 Å². The van der Waals surface area contributed by atoms with Gasteiger partial charge < -0.3 is 24.8 Å². The summed E-state index contributed by atoms with van der Waals surface area (Å²) in [6.07, 6.45) is 0.0256. The summed E-state index contributed by atoms with van der Waals surface area (Å²) in [4.78, 5) is 38.7. The Morgan fingerprint density at radius 1 is 0.971 bits per heavy atom. The molecule has 4 amide bonds. The van der Waals surface area contributed by atoms with Gasteiger partial charge in [-0.25, -0.2) is 4.79 Å². The standard InChI is InChI=1S/C25H21N3O6/c29-23(26-17-9-10-21-22(12-17)33-15-32-21)14-28-24(30)13-20(27-25(28)31)16-5-4-8-19(11-16)34-18-6-2-1-3-7-18/h1-12,20H,13-15H2,(H,26,29)(H,27,31)/t20-/m1/s1. The van der Waals surface area contributed by atoms with Crippen molar-refractivity contribution in [2.45, 2.75) is 12.5 Å². The van der Waals surface area contributed by atoms with E-state index in [1.165, 1.54) is 0 Å². The van der Waals surface area contributed by atoms with Gasteiger partial charge in [-0.15, -0.1) is 0 Å². The molecule has 0 aliphatic carbocycles. The van der Waals surface area contributed by atoms with Gasteiger partial charge in [0.2, 0.25) is 18.6 Å². The number of anilines is 1. The molecule has 0 spiro atoms. The molecule has 9 nitrogen and oxygen atoms in total. The third-order valence-electron chi connectivity index (χ3n) is 5.42. The van der Waals surface area contributed by atoms with Crippen LogP contribution < -0.4 is 24.8 Å². The Bertz CT molecular complexity index is 1230. The van der Waals surface area contributed by atoms with Gasteiger partial charge >= 0.3 is 6.03 Å². The molecule has 2 aliphatic rings. The van der Waals surface area contributed by atoms with E-state index in [0.717, 1.165) is 10.5 Å². The van der Waals surface area contributed by atoms with Crippen LogP contribution >= 0.6 is 0 Å². The van der Waals surface area contributed by atoms with Gasteiger partial charge in [-0.3, -0.25) is 14.5 Å². The van der Waals surface area contributed by atoms with Crippen molar-refractivity contribution in [3.8, 4) is 23.0 Å². The number of hydrogen-bond donors (Lipinski definition) is 2. The van der Waals surface area contributed by atoms with Crippen molar-refractivity contribution in [1.82, 2.24) is 10.2 Å². The lowest BCUT2D eigenvalue weighted by atomic mass is 10.0. The summed E-state index contributed by atoms with van der Waals surface area (Å²) in [5, 5.41) is 5.47. The molecule has 2 heterocycles. The van der Waals surface area contributed by atoms with Gasteiger partial charge in [-0.1, -0.05) is 30.3 Å². The summed E-state index contributed by atoms with van der Waals surface area (Å²) in [5.74, 6) is 1.45. The van der Waals surface area contributed by atoms with Crippen molar-refractivity contribution < 1.29 is 28.6 Å². The number of rotatable bonds is 6. The van der Waals surface area contributed by atoms with Gasteiger partial charge in [-0.2, -0.15) is 0 Å². The third kappa shape index (κ3) is 4.63. The van der Waals surface area contributed by atoms with Crippen LogP contribution in [0.5, 0.6) is 23.0 Å². The fraction of sp³-hybridized carbons (Fsp3) is 0.160. The third-order valence-corrected chi connectivity index (χ3v) is 5.42. The van der Waals surface area contributed by atoms with Crippen LogP contribution in [-0.4, -0.2) is 36.1 Å². The molecule has 0 saturated carbocycles. The molecule has 1 atom stereocenters. The van der Waals surface area contributed by atoms with Crippen LogP contribution in [0.1, 0.15) is 18.0 Å². The molecule has 1 fully saturated rings. The number of carbonyl (C=O) groups is 3. The smallest absolute Gasteiger partial charge is 0.325 e. The highest BCUT2D eigenvalue weighted by Crippen LogP contribution is 2.34. The van der Waals surface area contributed by atoms with E-state index in [9.17, 15) is 14.4 Å². The van der Waals surface area contributed by atoms with Crippen molar-refractivity contribution in [1.29, 1.82) is 0 Å². The number of amides is 4. The zero-order chi connectivity index (χ0) is 23.5. The summed E-state index contributed by atoms with van der Waals surface area (Å²) in [6, 6.07) is 20.3. The molecule has 9 heteroatoms. The van der Waals surface area contributed by atoms with Gasteiger partial charge in [-0.05, 0) is 42.0 Å².